The molecule has 1 fully saturated rings. The van der Waals surface area contributed by atoms with Crippen LogP contribution in [0.2, 0.25) is 5.02 Å². The molecule has 0 aliphatic carbocycles. The zero-order valence-electron chi connectivity index (χ0n) is 13.9. The molecule has 6 nitrogen and oxygen atoms in total. The Morgan fingerprint density at radius 2 is 2.04 bits per heavy atom. The van der Waals surface area contributed by atoms with Crippen molar-refractivity contribution in [3.63, 3.8) is 0 Å². The van der Waals surface area contributed by atoms with Crippen LogP contribution in [0.5, 0.6) is 0 Å². The largest absolute Gasteiger partial charge is 0.477 e. The molecule has 2 aromatic heterocycles. The summed E-state index contributed by atoms with van der Waals surface area (Å²) >= 11 is 6.22. The third-order valence-corrected chi connectivity index (χ3v) is 5.21. The van der Waals surface area contributed by atoms with Crippen LogP contribution in [0.15, 0.2) is 23.3 Å². The lowest BCUT2D eigenvalue weighted by Gasteiger charge is -2.20. The van der Waals surface area contributed by atoms with E-state index in [2.05, 4.69) is 4.98 Å². The van der Waals surface area contributed by atoms with Crippen molar-refractivity contribution in [1.29, 1.82) is 0 Å². The van der Waals surface area contributed by atoms with Crippen LogP contribution in [0.3, 0.4) is 0 Å². The second-order valence-corrected chi connectivity index (χ2v) is 6.80. The van der Waals surface area contributed by atoms with Gasteiger partial charge in [-0.15, -0.1) is 0 Å². The maximum atomic E-state index is 14.9. The van der Waals surface area contributed by atoms with Gasteiger partial charge in [0.05, 0.1) is 22.8 Å². The highest BCUT2D eigenvalue weighted by molar-refractivity contribution is 6.34. The Labute approximate surface area is 152 Å². The van der Waals surface area contributed by atoms with E-state index in [0.29, 0.717) is 11.2 Å². The quantitative estimate of drug-likeness (QED) is 0.696. The molecule has 0 saturated carbocycles. The molecule has 1 N–H and O–H groups in total. The minimum absolute atomic E-state index is 0.0301. The number of anilines is 1. The van der Waals surface area contributed by atoms with Gasteiger partial charge >= 0.3 is 5.97 Å². The summed E-state index contributed by atoms with van der Waals surface area (Å²) in [6, 6.07) is 1.65. The molecule has 0 radical (unpaired) electrons. The van der Waals surface area contributed by atoms with E-state index in [1.165, 1.54) is 17.0 Å². The Morgan fingerprint density at radius 1 is 1.35 bits per heavy atom. The van der Waals surface area contributed by atoms with E-state index in [0.717, 1.165) is 25.9 Å². The number of nitrogens with zero attached hydrogens (tertiary/aromatic N) is 3. The molecule has 1 aliphatic heterocycles. The van der Waals surface area contributed by atoms with Crippen molar-refractivity contribution in [2.75, 3.05) is 18.0 Å². The first-order chi connectivity index (χ1) is 12.4. The fourth-order valence-corrected chi connectivity index (χ4v) is 3.81. The molecule has 0 amide bonds. The molecule has 1 saturated heterocycles. The average Bonchev–Trinajstić information content (AvgIpc) is 3.14. The number of carbonyl (C=O) groups is 1. The van der Waals surface area contributed by atoms with Crippen LogP contribution in [0.25, 0.3) is 21.8 Å². The summed E-state index contributed by atoms with van der Waals surface area (Å²) in [6.07, 6.45) is 4.57. The fraction of sp³-hybridized carbons (Fsp3) is 0.278. The third-order valence-electron chi connectivity index (χ3n) is 4.85. The minimum atomic E-state index is -1.33. The van der Waals surface area contributed by atoms with Crippen molar-refractivity contribution in [3.8, 4) is 0 Å². The minimum Gasteiger partial charge on any atom is -0.477 e. The number of fused-ring (bicyclic) bond motifs is 3. The van der Waals surface area contributed by atoms with Crippen LogP contribution in [-0.2, 0) is 7.05 Å². The molecule has 1 aliphatic rings. The van der Waals surface area contributed by atoms with E-state index >= 15 is 0 Å². The fourth-order valence-electron chi connectivity index (χ4n) is 3.55. The Bertz CT molecular complexity index is 1140. The number of aromatic carboxylic acids is 1. The normalized spacial score (nSPS) is 14.5. The zero-order valence-corrected chi connectivity index (χ0v) is 14.7. The Morgan fingerprint density at radius 3 is 2.69 bits per heavy atom. The van der Waals surface area contributed by atoms with E-state index < -0.39 is 17.2 Å². The van der Waals surface area contributed by atoms with Gasteiger partial charge < -0.3 is 14.6 Å². The molecular formula is C18H15ClFN3O3. The van der Waals surface area contributed by atoms with E-state index in [4.69, 9.17) is 11.6 Å². The summed E-state index contributed by atoms with van der Waals surface area (Å²) in [7, 11) is 1.62. The molecule has 8 heteroatoms. The molecule has 0 bridgehead atoms. The summed E-state index contributed by atoms with van der Waals surface area (Å²) in [4.78, 5) is 30.3. The van der Waals surface area contributed by atoms with Gasteiger partial charge in [0.15, 0.2) is 5.82 Å². The Kier molecular flexibility index (Phi) is 3.84. The summed E-state index contributed by atoms with van der Waals surface area (Å²) in [5, 5.41) is 9.69. The molecule has 26 heavy (non-hydrogen) atoms. The first kappa shape index (κ1) is 16.8. The molecular weight excluding hydrogens is 361 g/mol. The number of benzene rings is 1. The van der Waals surface area contributed by atoms with Gasteiger partial charge in [0.1, 0.15) is 16.1 Å². The second kappa shape index (κ2) is 5.95. The van der Waals surface area contributed by atoms with Gasteiger partial charge in [-0.25, -0.2) is 9.18 Å². The predicted octanol–water partition coefficient (Wildman–Crippen LogP) is 3.18. The number of hydrogen-bond acceptors (Lipinski definition) is 4. The number of carboxylic acids is 1. The van der Waals surface area contributed by atoms with E-state index in [9.17, 15) is 19.1 Å². The zero-order chi connectivity index (χ0) is 18.6. The van der Waals surface area contributed by atoms with Crippen LogP contribution < -0.4 is 10.3 Å². The van der Waals surface area contributed by atoms with Gasteiger partial charge in [0.25, 0.3) is 0 Å². The molecule has 134 valence electrons. The monoisotopic (exact) mass is 375 g/mol. The van der Waals surface area contributed by atoms with Crippen LogP contribution in [-0.4, -0.2) is 33.7 Å². The molecule has 0 unspecified atom stereocenters. The Hall–Kier alpha value is -2.67. The van der Waals surface area contributed by atoms with Crippen LogP contribution in [0, 0.1) is 5.82 Å². The predicted molar refractivity (Wildman–Crippen MR) is 97.9 cm³/mol. The lowest BCUT2D eigenvalue weighted by molar-refractivity contribution is 0.0695. The second-order valence-electron chi connectivity index (χ2n) is 6.42. The number of halogens is 2. The van der Waals surface area contributed by atoms with Crippen LogP contribution in [0.1, 0.15) is 23.2 Å². The standard InChI is InChI=1S/C18H15ClFN3O3/c1-22-8-10(18(25)26)17(24)13-9-6-11(23-4-2-3-5-23)14(19)15(20)16(9)21-7-12(13)22/h6-8H,2-5H2,1H3,(H,25,26). The topological polar surface area (TPSA) is 75.4 Å². The van der Waals surface area contributed by atoms with Gasteiger partial charge in [-0.3, -0.25) is 9.78 Å². The number of rotatable bonds is 2. The summed E-state index contributed by atoms with van der Waals surface area (Å²) < 4.78 is 16.4. The molecule has 3 heterocycles. The number of aryl methyl sites for hydroxylation is 1. The molecule has 1 aromatic carbocycles. The Balaban J connectivity index is 2.17. The smallest absolute Gasteiger partial charge is 0.341 e. The van der Waals surface area contributed by atoms with Crippen LogP contribution >= 0.6 is 11.6 Å². The lowest BCUT2D eigenvalue weighted by Crippen LogP contribution is -2.20. The number of pyridine rings is 2. The van der Waals surface area contributed by atoms with Gasteiger partial charge in [-0.05, 0) is 18.9 Å². The average molecular weight is 376 g/mol. The SMILES string of the molecule is Cn1cc(C(=O)O)c(=O)c2c3cc(N4CCCC4)c(Cl)c(F)c3ncc21. The van der Waals surface area contributed by atoms with Gasteiger partial charge in [-0.1, -0.05) is 11.6 Å². The first-order valence-electron chi connectivity index (χ1n) is 8.18. The van der Waals surface area contributed by atoms with Gasteiger partial charge in [-0.2, -0.15) is 0 Å². The molecule has 3 aromatic rings. The first-order valence-corrected chi connectivity index (χ1v) is 8.56. The highest BCUT2D eigenvalue weighted by Gasteiger charge is 2.23. The van der Waals surface area contributed by atoms with Crippen LogP contribution in [0.4, 0.5) is 10.1 Å². The van der Waals surface area contributed by atoms with Crippen molar-refractivity contribution < 1.29 is 14.3 Å². The molecule has 0 atom stereocenters. The number of carboxylic acid groups (broad SMARTS) is 1. The van der Waals surface area contributed by atoms with Crippen molar-refractivity contribution >= 4 is 45.1 Å². The van der Waals surface area contributed by atoms with Crippen molar-refractivity contribution in [2.24, 2.45) is 7.05 Å². The van der Waals surface area contributed by atoms with E-state index in [1.807, 2.05) is 4.90 Å². The van der Waals surface area contributed by atoms with Gasteiger partial charge in [0.2, 0.25) is 5.43 Å². The lowest BCUT2D eigenvalue weighted by atomic mass is 10.1. The highest BCUT2D eigenvalue weighted by atomic mass is 35.5. The summed E-state index contributed by atoms with van der Waals surface area (Å²) in [5.41, 5.74) is -0.129. The maximum Gasteiger partial charge on any atom is 0.341 e. The summed E-state index contributed by atoms with van der Waals surface area (Å²) in [5.74, 6) is -2.03. The van der Waals surface area contributed by atoms with Gasteiger partial charge in [0, 0.05) is 31.7 Å². The number of aromatic nitrogens is 2. The molecule has 0 spiro atoms. The van der Waals surface area contributed by atoms with E-state index in [1.54, 1.807) is 13.1 Å². The van der Waals surface area contributed by atoms with E-state index in [-0.39, 0.29) is 26.9 Å². The summed E-state index contributed by atoms with van der Waals surface area (Å²) in [6.45, 7) is 1.50. The van der Waals surface area contributed by atoms with Crippen molar-refractivity contribution in [1.82, 2.24) is 9.55 Å². The molecule has 4 rings (SSSR count). The van der Waals surface area contributed by atoms with Crippen molar-refractivity contribution in [2.45, 2.75) is 12.8 Å². The highest BCUT2D eigenvalue weighted by Crippen LogP contribution is 2.37. The third kappa shape index (κ3) is 2.34. The number of hydrogen-bond donors (Lipinski definition) is 1. The van der Waals surface area contributed by atoms with Crippen molar-refractivity contribution in [3.05, 3.63) is 45.1 Å². The maximum absolute atomic E-state index is 14.9.